The molecule has 0 atom stereocenters. The van der Waals surface area contributed by atoms with E-state index in [1.165, 1.54) is 62.6 Å². The first kappa shape index (κ1) is 51.0. The van der Waals surface area contributed by atoms with Crippen LogP contribution in [-0.2, 0) is 54.1 Å². The second-order valence-electron chi connectivity index (χ2n) is 15.9. The van der Waals surface area contributed by atoms with Crippen molar-refractivity contribution in [3.63, 3.8) is 0 Å². The lowest BCUT2D eigenvalue weighted by Gasteiger charge is -2.07. The quantitative estimate of drug-likeness (QED) is 0.0298. The molecule has 0 spiro atoms. The molecule has 5 rings (SSSR count). The Hall–Kier alpha value is -2.96. The molecule has 0 radical (unpaired) electrons. The maximum atomic E-state index is 5.97. The largest absolute Gasteiger partial charge is 0.381 e. The number of rotatable bonds is 35. The maximum absolute atomic E-state index is 5.97. The molecule has 2 aromatic carbocycles. The predicted molar refractivity (Wildman–Crippen MR) is 271 cm³/mol. The Morgan fingerprint density at radius 3 is 1.17 bits per heavy atom. The van der Waals surface area contributed by atoms with Crippen LogP contribution in [0.1, 0.15) is 111 Å². The predicted octanol–water partition coefficient (Wildman–Crippen LogP) is 14.5. The minimum atomic E-state index is 0.647. The van der Waals surface area contributed by atoms with Crippen molar-refractivity contribution in [2.24, 2.45) is 0 Å². The molecule has 0 aliphatic heterocycles. The van der Waals surface area contributed by atoms with E-state index in [4.69, 9.17) is 28.4 Å². The molecule has 5 aromatic rings. The highest BCUT2D eigenvalue weighted by atomic mass is 32.1. The first-order chi connectivity index (χ1) is 31.1. The van der Waals surface area contributed by atoms with Gasteiger partial charge in [-0.3, -0.25) is 0 Å². The molecule has 0 aliphatic rings. The van der Waals surface area contributed by atoms with Gasteiger partial charge in [0.25, 0.3) is 0 Å². The molecule has 344 valence electrons. The van der Waals surface area contributed by atoms with Gasteiger partial charge in [-0.15, -0.1) is 34.0 Å². The number of ether oxygens (including phenoxy) is 6. The minimum absolute atomic E-state index is 0.647. The third kappa shape index (κ3) is 18.8. The second kappa shape index (κ2) is 31.0. The molecule has 63 heavy (non-hydrogen) atoms. The van der Waals surface area contributed by atoms with Gasteiger partial charge in [-0.05, 0) is 96.2 Å². The topological polar surface area (TPSA) is 55.4 Å². The Morgan fingerprint density at radius 2 is 0.714 bits per heavy atom. The summed E-state index contributed by atoms with van der Waals surface area (Å²) in [5.74, 6) is 0. The molecule has 0 N–H and O–H groups in total. The van der Waals surface area contributed by atoms with Gasteiger partial charge in [0.2, 0.25) is 0 Å². The van der Waals surface area contributed by atoms with E-state index in [2.05, 4.69) is 113 Å². The molecule has 3 heterocycles. The summed E-state index contributed by atoms with van der Waals surface area (Å²) < 4.78 is 35.2. The smallest absolute Gasteiger partial charge is 0.0700 e. The van der Waals surface area contributed by atoms with E-state index >= 15 is 0 Å². The van der Waals surface area contributed by atoms with E-state index in [0.717, 1.165) is 117 Å². The molecule has 6 nitrogen and oxygen atoms in total. The zero-order chi connectivity index (χ0) is 44.2. The van der Waals surface area contributed by atoms with Crippen LogP contribution in [0.25, 0.3) is 42.8 Å². The van der Waals surface area contributed by atoms with Crippen molar-refractivity contribution in [3.8, 4) is 30.6 Å². The maximum Gasteiger partial charge on any atom is 0.0700 e. The number of unbranched alkanes of at least 4 members (excludes halogenated alkanes) is 4. The van der Waals surface area contributed by atoms with Gasteiger partial charge in [-0.25, -0.2) is 0 Å². The van der Waals surface area contributed by atoms with Gasteiger partial charge in [0.05, 0.1) is 52.9 Å². The lowest BCUT2D eigenvalue weighted by atomic mass is 10.1. The van der Waals surface area contributed by atoms with Gasteiger partial charge in [-0.1, -0.05) is 114 Å². The lowest BCUT2D eigenvalue weighted by Crippen LogP contribution is -2.08. The van der Waals surface area contributed by atoms with Gasteiger partial charge in [0.1, 0.15) is 0 Å². The Morgan fingerprint density at radius 1 is 0.349 bits per heavy atom. The fraction of sp³-hybridized carbons (Fsp3) is 0.519. The van der Waals surface area contributed by atoms with Crippen LogP contribution in [0, 0.1) is 0 Å². The Bertz CT molecular complexity index is 1960. The van der Waals surface area contributed by atoms with Crippen LogP contribution in [0.4, 0.5) is 0 Å². The van der Waals surface area contributed by atoms with E-state index < -0.39 is 0 Å². The van der Waals surface area contributed by atoms with Gasteiger partial charge < -0.3 is 28.4 Å². The minimum Gasteiger partial charge on any atom is -0.381 e. The number of hydrogen-bond acceptors (Lipinski definition) is 9. The first-order valence-electron chi connectivity index (χ1n) is 23.8. The highest BCUT2D eigenvalue weighted by molar-refractivity contribution is 7.24. The summed E-state index contributed by atoms with van der Waals surface area (Å²) in [5.41, 5.74) is 7.64. The SMILES string of the molecule is CCCCOCCOCCc1sc(-c2ccc(/C=C/c3ccc(-c4ccc(-c5cc(CCOCCCC)c(CCOCCOCCCC)s5)s4)cc3)cc2)cc1CCOCCCC. The van der Waals surface area contributed by atoms with Gasteiger partial charge >= 0.3 is 0 Å². The van der Waals surface area contributed by atoms with Crippen molar-refractivity contribution in [1.29, 1.82) is 0 Å². The highest BCUT2D eigenvalue weighted by Gasteiger charge is 2.15. The van der Waals surface area contributed by atoms with Crippen LogP contribution in [0.3, 0.4) is 0 Å². The lowest BCUT2D eigenvalue weighted by molar-refractivity contribution is 0.0480. The van der Waals surface area contributed by atoms with Crippen LogP contribution in [0.2, 0.25) is 0 Å². The van der Waals surface area contributed by atoms with Crippen molar-refractivity contribution in [3.05, 3.63) is 105 Å². The normalized spacial score (nSPS) is 11.7. The first-order valence-corrected chi connectivity index (χ1v) is 26.2. The van der Waals surface area contributed by atoms with E-state index in [0.29, 0.717) is 39.6 Å². The van der Waals surface area contributed by atoms with Crippen molar-refractivity contribution in [2.45, 2.75) is 105 Å². The Labute approximate surface area is 392 Å². The molecule has 0 unspecified atom stereocenters. The number of hydrogen-bond donors (Lipinski definition) is 0. The summed E-state index contributed by atoms with van der Waals surface area (Å²) >= 11 is 5.66. The molecule has 0 fully saturated rings. The van der Waals surface area contributed by atoms with Gasteiger partial charge in [0.15, 0.2) is 0 Å². The Kier molecular flexibility index (Phi) is 25.1. The average Bonchev–Trinajstić information content (AvgIpc) is 4.07. The summed E-state index contributed by atoms with van der Waals surface area (Å²) in [4.78, 5) is 8.03. The summed E-state index contributed by atoms with van der Waals surface area (Å²) in [7, 11) is 0. The molecule has 0 bridgehead atoms. The monoisotopic (exact) mass is 914 g/mol. The third-order valence-electron chi connectivity index (χ3n) is 10.8. The summed E-state index contributed by atoms with van der Waals surface area (Å²) in [6, 6.07) is 27.2. The number of thiophene rings is 3. The zero-order valence-electron chi connectivity index (χ0n) is 38.7. The van der Waals surface area contributed by atoms with Gasteiger partial charge in [-0.2, -0.15) is 0 Å². The molecular weight excluding hydrogens is 841 g/mol. The molecule has 0 saturated heterocycles. The molecule has 0 saturated carbocycles. The van der Waals surface area contributed by atoms with Crippen LogP contribution in [0.15, 0.2) is 72.8 Å². The van der Waals surface area contributed by atoms with E-state index in [-0.39, 0.29) is 0 Å². The summed E-state index contributed by atoms with van der Waals surface area (Å²) in [6.45, 7) is 17.7. The molecule has 9 heteroatoms. The number of benzene rings is 2. The standard InChI is InChI=1S/C54H74O6S3/c1-5-9-29-55-33-25-47-41-53(62-50(47)27-35-59-39-37-57-31-11-7-3)46-21-17-44(18-22-46)14-13-43-15-19-45(20-16-43)49-23-24-52(61-49)54-42-48(26-34-56-30-10-6-2)51(63-54)28-36-60-40-38-58-32-12-8-4/h13-24,41-42H,5-12,25-40H2,1-4H3/b14-13+. The fourth-order valence-corrected chi connectivity index (χ4v) is 10.4. The van der Waals surface area contributed by atoms with E-state index in [1.807, 2.05) is 34.0 Å². The van der Waals surface area contributed by atoms with E-state index in [1.54, 1.807) is 0 Å². The van der Waals surface area contributed by atoms with Crippen molar-refractivity contribution < 1.29 is 28.4 Å². The van der Waals surface area contributed by atoms with Crippen LogP contribution >= 0.6 is 34.0 Å². The second-order valence-corrected chi connectivity index (χ2v) is 19.3. The highest BCUT2D eigenvalue weighted by Crippen LogP contribution is 2.40. The summed E-state index contributed by atoms with van der Waals surface area (Å²) in [5, 5.41) is 0. The van der Waals surface area contributed by atoms with Gasteiger partial charge in [0, 0.05) is 68.5 Å². The van der Waals surface area contributed by atoms with Crippen LogP contribution in [0.5, 0.6) is 0 Å². The third-order valence-corrected chi connectivity index (χ3v) is 14.6. The molecule has 3 aromatic heterocycles. The van der Waals surface area contributed by atoms with Crippen LogP contribution in [-0.4, -0.2) is 79.3 Å². The van der Waals surface area contributed by atoms with Crippen molar-refractivity contribution in [1.82, 2.24) is 0 Å². The van der Waals surface area contributed by atoms with Crippen molar-refractivity contribution in [2.75, 3.05) is 79.3 Å². The Balaban J connectivity index is 1.16. The molecule has 0 amide bonds. The van der Waals surface area contributed by atoms with E-state index in [9.17, 15) is 0 Å². The van der Waals surface area contributed by atoms with Crippen LogP contribution < -0.4 is 0 Å². The summed E-state index contributed by atoms with van der Waals surface area (Å²) in [6.07, 6.45) is 17.2. The average molecular weight is 915 g/mol. The fourth-order valence-electron chi connectivity index (χ4n) is 6.91. The molecular formula is C54H74O6S3. The zero-order valence-corrected chi connectivity index (χ0v) is 41.2. The molecule has 0 aliphatic carbocycles. The van der Waals surface area contributed by atoms with Crippen molar-refractivity contribution >= 4 is 46.2 Å².